The van der Waals surface area contributed by atoms with Crippen molar-refractivity contribution in [3.05, 3.63) is 0 Å². The first kappa shape index (κ1) is 33.4. The highest BCUT2D eigenvalue weighted by Crippen LogP contribution is 2.15. The van der Waals surface area contributed by atoms with Crippen LogP contribution in [0.15, 0.2) is 0 Å². The fraction of sp³-hybridized carbons (Fsp3) is 0.967. The molecule has 4 heteroatoms. The molecule has 0 saturated carbocycles. The molecule has 34 heavy (non-hydrogen) atoms. The van der Waals surface area contributed by atoms with Gasteiger partial charge in [-0.25, -0.2) is 0 Å². The molecule has 0 aliphatic rings. The summed E-state index contributed by atoms with van der Waals surface area (Å²) in [6.45, 7) is 6.27. The van der Waals surface area contributed by atoms with Gasteiger partial charge >= 0.3 is 0 Å². The summed E-state index contributed by atoms with van der Waals surface area (Å²) >= 11 is 0. The van der Waals surface area contributed by atoms with Gasteiger partial charge in [0.15, 0.2) is 0 Å². The third-order valence-electron chi connectivity index (χ3n) is 6.82. The lowest BCUT2D eigenvalue weighted by Gasteiger charge is -2.25. The van der Waals surface area contributed by atoms with Crippen LogP contribution in [-0.4, -0.2) is 46.3 Å². The Hall–Kier alpha value is -0.610. The van der Waals surface area contributed by atoms with E-state index in [0.29, 0.717) is 19.5 Å². The lowest BCUT2D eigenvalue weighted by Crippen LogP contribution is -2.40. The molecule has 4 nitrogen and oxygen atoms in total. The van der Waals surface area contributed by atoms with Crippen LogP contribution in [-0.2, 0) is 4.79 Å². The van der Waals surface area contributed by atoms with E-state index in [1.54, 1.807) is 18.7 Å². The van der Waals surface area contributed by atoms with Crippen LogP contribution in [0.4, 0.5) is 0 Å². The van der Waals surface area contributed by atoms with E-state index in [0.717, 1.165) is 12.8 Å². The maximum atomic E-state index is 12.3. The first-order valence-electron chi connectivity index (χ1n) is 15.1. The molecule has 1 amide bonds. The van der Waals surface area contributed by atoms with Gasteiger partial charge in [0.05, 0.1) is 12.2 Å². The second kappa shape index (κ2) is 25.5. The average molecular weight is 484 g/mol. The number of hydrogen-bond acceptors (Lipinski definition) is 3. The number of aliphatic hydroxyl groups is 2. The van der Waals surface area contributed by atoms with Gasteiger partial charge in [-0.05, 0) is 20.3 Å². The highest BCUT2D eigenvalue weighted by Gasteiger charge is 2.16. The molecule has 0 radical (unpaired) electrons. The summed E-state index contributed by atoms with van der Waals surface area (Å²) in [6.07, 6.45) is 28.0. The zero-order valence-electron chi connectivity index (χ0n) is 23.4. The summed E-state index contributed by atoms with van der Waals surface area (Å²) in [7, 11) is 0. The summed E-state index contributed by atoms with van der Waals surface area (Å²) in [6, 6.07) is 0. The molecule has 0 bridgehead atoms. The Morgan fingerprint density at radius 2 is 0.794 bits per heavy atom. The number of hydrogen-bond donors (Lipinski definition) is 2. The Labute approximate surface area is 213 Å². The zero-order chi connectivity index (χ0) is 25.3. The van der Waals surface area contributed by atoms with Crippen molar-refractivity contribution in [2.45, 2.75) is 174 Å². The number of rotatable bonds is 26. The van der Waals surface area contributed by atoms with E-state index in [1.165, 1.54) is 122 Å². The molecule has 2 unspecified atom stereocenters. The monoisotopic (exact) mass is 483 g/mol. The quantitative estimate of drug-likeness (QED) is 0.122. The van der Waals surface area contributed by atoms with E-state index >= 15 is 0 Å². The van der Waals surface area contributed by atoms with Crippen LogP contribution < -0.4 is 0 Å². The molecule has 2 atom stereocenters. The highest BCUT2D eigenvalue weighted by atomic mass is 16.3. The van der Waals surface area contributed by atoms with Gasteiger partial charge in [-0.1, -0.05) is 135 Å². The Balaban J connectivity index is 3.34. The van der Waals surface area contributed by atoms with E-state index in [4.69, 9.17) is 0 Å². The van der Waals surface area contributed by atoms with Gasteiger partial charge in [0.2, 0.25) is 5.91 Å². The van der Waals surface area contributed by atoms with Gasteiger partial charge in [0, 0.05) is 19.5 Å². The Kier molecular flexibility index (Phi) is 25.0. The smallest absolute Gasteiger partial charge is 0.222 e. The van der Waals surface area contributed by atoms with Crippen molar-refractivity contribution in [2.75, 3.05) is 13.1 Å². The van der Waals surface area contributed by atoms with Gasteiger partial charge in [-0.3, -0.25) is 4.79 Å². The van der Waals surface area contributed by atoms with Crippen molar-refractivity contribution in [1.82, 2.24) is 4.90 Å². The molecule has 0 rings (SSSR count). The summed E-state index contributed by atoms with van der Waals surface area (Å²) in [4.78, 5) is 13.9. The third kappa shape index (κ3) is 24.5. The molecule has 0 aromatic rings. The number of carbonyl (C=O) groups is 1. The maximum absolute atomic E-state index is 12.3. The number of nitrogens with zero attached hydrogens (tertiary/aromatic N) is 1. The van der Waals surface area contributed by atoms with Gasteiger partial charge < -0.3 is 15.1 Å². The molecule has 0 aromatic carbocycles. The second-order valence-electron chi connectivity index (χ2n) is 10.8. The molecule has 0 heterocycles. The minimum absolute atomic E-state index is 0.0552. The standard InChI is InChI=1S/C30H61NO3/c1-4-5-6-7-8-9-10-11-12-13-14-15-16-17-18-19-20-21-22-23-24-25-30(34)31(26-28(2)32)27-29(3)33/h28-29,32-33H,4-27H2,1-3H3. The Morgan fingerprint density at radius 3 is 1.06 bits per heavy atom. The lowest BCUT2D eigenvalue weighted by molar-refractivity contribution is -0.134. The molecule has 0 spiro atoms. The predicted molar refractivity (Wildman–Crippen MR) is 147 cm³/mol. The van der Waals surface area contributed by atoms with Gasteiger partial charge in [-0.15, -0.1) is 0 Å². The normalized spacial score (nSPS) is 13.2. The minimum Gasteiger partial charge on any atom is -0.392 e. The second-order valence-corrected chi connectivity index (χ2v) is 10.8. The van der Waals surface area contributed by atoms with Crippen LogP contribution in [0.3, 0.4) is 0 Å². The number of carbonyl (C=O) groups excluding carboxylic acids is 1. The van der Waals surface area contributed by atoms with Crippen LogP contribution >= 0.6 is 0 Å². The van der Waals surface area contributed by atoms with E-state index in [-0.39, 0.29) is 5.91 Å². The highest BCUT2D eigenvalue weighted by molar-refractivity contribution is 5.76. The van der Waals surface area contributed by atoms with Crippen LogP contribution in [0.2, 0.25) is 0 Å². The maximum Gasteiger partial charge on any atom is 0.222 e. The van der Waals surface area contributed by atoms with Crippen molar-refractivity contribution in [3.8, 4) is 0 Å². The predicted octanol–water partition coefficient (Wildman–Crippen LogP) is 8.18. The molecule has 0 saturated heterocycles. The average Bonchev–Trinajstić information content (AvgIpc) is 2.79. The van der Waals surface area contributed by atoms with Crippen molar-refractivity contribution >= 4 is 5.91 Å². The Morgan fingerprint density at radius 1 is 0.529 bits per heavy atom. The summed E-state index contributed by atoms with van der Waals surface area (Å²) in [5.74, 6) is 0.0552. The van der Waals surface area contributed by atoms with E-state index in [2.05, 4.69) is 6.92 Å². The van der Waals surface area contributed by atoms with Gasteiger partial charge in [0.1, 0.15) is 0 Å². The topological polar surface area (TPSA) is 60.8 Å². The van der Waals surface area contributed by atoms with Crippen molar-refractivity contribution in [2.24, 2.45) is 0 Å². The van der Waals surface area contributed by atoms with E-state index in [9.17, 15) is 15.0 Å². The fourth-order valence-electron chi connectivity index (χ4n) is 4.78. The molecule has 0 aliphatic heterocycles. The number of unbranched alkanes of at least 4 members (excludes halogenated alkanes) is 20. The summed E-state index contributed by atoms with van der Waals surface area (Å²) in [5, 5.41) is 19.1. The largest absolute Gasteiger partial charge is 0.392 e. The molecule has 0 aromatic heterocycles. The third-order valence-corrected chi connectivity index (χ3v) is 6.82. The molecule has 2 N–H and O–H groups in total. The first-order valence-corrected chi connectivity index (χ1v) is 15.1. The van der Waals surface area contributed by atoms with Crippen LogP contribution in [0.25, 0.3) is 0 Å². The number of aliphatic hydroxyl groups excluding tert-OH is 2. The summed E-state index contributed by atoms with van der Waals surface area (Å²) in [5.41, 5.74) is 0. The van der Waals surface area contributed by atoms with Crippen molar-refractivity contribution in [1.29, 1.82) is 0 Å². The Bertz CT molecular complexity index is 415. The van der Waals surface area contributed by atoms with Gasteiger partial charge in [0.25, 0.3) is 0 Å². The molecule has 0 fully saturated rings. The van der Waals surface area contributed by atoms with E-state index in [1.807, 2.05) is 0 Å². The van der Waals surface area contributed by atoms with Crippen LogP contribution in [0, 0.1) is 0 Å². The summed E-state index contributed by atoms with van der Waals surface area (Å²) < 4.78 is 0. The number of amides is 1. The molecular formula is C30H61NO3. The lowest BCUT2D eigenvalue weighted by atomic mass is 10.0. The van der Waals surface area contributed by atoms with Crippen molar-refractivity contribution < 1.29 is 15.0 Å². The van der Waals surface area contributed by atoms with E-state index < -0.39 is 12.2 Å². The first-order chi connectivity index (χ1) is 16.5. The fourth-order valence-corrected chi connectivity index (χ4v) is 4.78. The van der Waals surface area contributed by atoms with Gasteiger partial charge in [-0.2, -0.15) is 0 Å². The zero-order valence-corrected chi connectivity index (χ0v) is 23.4. The molecule has 204 valence electrons. The van der Waals surface area contributed by atoms with Crippen molar-refractivity contribution in [3.63, 3.8) is 0 Å². The molecular weight excluding hydrogens is 422 g/mol. The SMILES string of the molecule is CCCCCCCCCCCCCCCCCCCCCCCC(=O)N(CC(C)O)CC(C)O. The van der Waals surface area contributed by atoms with Crippen LogP contribution in [0.5, 0.6) is 0 Å². The minimum atomic E-state index is -0.553. The van der Waals surface area contributed by atoms with Crippen LogP contribution in [0.1, 0.15) is 162 Å². The molecule has 0 aliphatic carbocycles.